The van der Waals surface area contributed by atoms with E-state index in [2.05, 4.69) is 0 Å². The summed E-state index contributed by atoms with van der Waals surface area (Å²) in [5.41, 5.74) is 0. The minimum Gasteiger partial charge on any atom is -0.214 e. The van der Waals surface area contributed by atoms with Gasteiger partial charge in [-0.3, -0.25) is 0 Å². The van der Waals surface area contributed by atoms with Gasteiger partial charge in [0.25, 0.3) is 0 Å². The third-order valence-corrected chi connectivity index (χ3v) is 2.46. The Morgan fingerprint density at radius 2 is 1.00 bits per heavy atom. The summed E-state index contributed by atoms with van der Waals surface area (Å²) in [6, 6.07) is 0. The first kappa shape index (κ1) is 14.7. The molecule has 15 heavy (non-hydrogen) atoms. The van der Waals surface area contributed by atoms with Gasteiger partial charge in [0.05, 0.1) is 0 Å². The van der Waals surface area contributed by atoms with Crippen LogP contribution in [0.25, 0.3) is 0 Å². The van der Waals surface area contributed by atoms with E-state index in [-0.39, 0.29) is 6.26 Å². The van der Waals surface area contributed by atoms with Crippen molar-refractivity contribution in [2.75, 3.05) is 6.26 Å². The van der Waals surface area contributed by atoms with Crippen molar-refractivity contribution in [3.8, 4) is 0 Å². The lowest BCUT2D eigenvalue weighted by Gasteiger charge is -2.34. The molecule has 0 rings (SSSR count). The molecule has 0 aromatic rings. The van der Waals surface area contributed by atoms with Crippen molar-refractivity contribution in [3.63, 3.8) is 0 Å². The van der Waals surface area contributed by atoms with Gasteiger partial charge in [0.2, 0.25) is 0 Å². The largest absolute Gasteiger partial charge is 0.458 e. The predicted molar refractivity (Wildman–Crippen MR) is 34.4 cm³/mol. The van der Waals surface area contributed by atoms with Crippen LogP contribution < -0.4 is 0 Å². The zero-order chi connectivity index (χ0) is 12.7. The molecule has 0 aliphatic rings. The zero-order valence-corrected chi connectivity index (χ0v) is 7.63. The molecule has 1 atom stereocenters. The van der Waals surface area contributed by atoms with E-state index < -0.39 is 35.0 Å². The lowest BCUT2D eigenvalue weighted by molar-refractivity contribution is -0.356. The van der Waals surface area contributed by atoms with Gasteiger partial charge < -0.3 is 0 Å². The van der Waals surface area contributed by atoms with E-state index in [1.807, 2.05) is 0 Å². The molecule has 0 aliphatic carbocycles. The second-order valence-corrected chi connectivity index (χ2v) is 3.34. The number of rotatable bonds is 2. The van der Waals surface area contributed by atoms with Crippen LogP contribution in [0.4, 0.5) is 39.5 Å². The molecule has 0 bridgehead atoms. The number of halogens is 9. The number of hydrogen-bond acceptors (Lipinski definition) is 1. The Bertz CT molecular complexity index is 228. The second-order valence-electron chi connectivity index (χ2n) is 2.37. The summed E-state index contributed by atoms with van der Waals surface area (Å²) in [6.45, 7) is 0. The van der Waals surface area contributed by atoms with Crippen LogP contribution in [0.3, 0.4) is 0 Å². The summed E-state index contributed by atoms with van der Waals surface area (Å²) < 4.78 is 107. The van der Waals surface area contributed by atoms with E-state index in [0.717, 1.165) is 0 Å². The van der Waals surface area contributed by atoms with E-state index in [0.29, 0.717) is 0 Å². The number of thioether (sulfide) groups is 1. The Morgan fingerprint density at radius 1 is 0.667 bits per heavy atom. The van der Waals surface area contributed by atoms with Gasteiger partial charge in [0.15, 0.2) is 0 Å². The molecule has 10 heteroatoms. The van der Waals surface area contributed by atoms with Crippen molar-refractivity contribution < 1.29 is 39.5 Å². The van der Waals surface area contributed by atoms with Gasteiger partial charge in [0, 0.05) is 0 Å². The highest BCUT2D eigenvalue weighted by Gasteiger charge is 2.81. The minimum absolute atomic E-state index is 0.174. The second kappa shape index (κ2) is 3.63. The smallest absolute Gasteiger partial charge is 0.214 e. The van der Waals surface area contributed by atoms with Gasteiger partial charge in [-0.25, -0.2) is 4.39 Å². The van der Waals surface area contributed by atoms with Crippen LogP contribution in [0.2, 0.25) is 0 Å². The molecule has 0 saturated carbocycles. The monoisotopic (exact) mass is 266 g/mol. The molecule has 1 unspecified atom stereocenters. The summed E-state index contributed by atoms with van der Waals surface area (Å²) in [5.74, 6) is -6.50. The number of alkyl halides is 9. The van der Waals surface area contributed by atoms with Crippen molar-refractivity contribution >= 4 is 11.8 Å². The van der Waals surface area contributed by atoms with Crippen LogP contribution in [0.1, 0.15) is 0 Å². The van der Waals surface area contributed by atoms with Crippen molar-refractivity contribution in [1.82, 2.24) is 0 Å². The first-order valence-corrected chi connectivity index (χ1v) is 4.29. The van der Waals surface area contributed by atoms with E-state index in [1.165, 1.54) is 0 Å². The Labute approximate surface area is 81.8 Å². The molecule has 0 aromatic heterocycles. The Hall–Kier alpha value is -0.280. The van der Waals surface area contributed by atoms with Gasteiger partial charge in [-0.05, 0) is 6.26 Å². The van der Waals surface area contributed by atoms with Crippen molar-refractivity contribution in [2.24, 2.45) is 0 Å². The lowest BCUT2D eigenvalue weighted by Crippen LogP contribution is -2.59. The molecular weight excluding hydrogens is 263 g/mol. The molecule has 0 aromatic carbocycles. The minimum atomic E-state index is -6.61. The SMILES string of the molecule is CSC(F)(C(F)(F)F)C(F)(F)C(F)(F)F. The molecule has 0 fully saturated rings. The normalized spacial score (nSPS) is 18.8. The van der Waals surface area contributed by atoms with Crippen LogP contribution in [0.5, 0.6) is 0 Å². The Morgan fingerprint density at radius 3 is 1.07 bits per heavy atom. The molecule has 0 spiro atoms. The van der Waals surface area contributed by atoms with Crippen molar-refractivity contribution in [2.45, 2.75) is 23.3 Å². The van der Waals surface area contributed by atoms with Gasteiger partial charge >= 0.3 is 23.3 Å². The molecule has 0 heterocycles. The average molecular weight is 266 g/mol. The van der Waals surface area contributed by atoms with Crippen molar-refractivity contribution in [1.29, 1.82) is 0 Å². The summed E-state index contributed by atoms with van der Waals surface area (Å²) in [6.07, 6.45) is -12.8. The Balaban J connectivity index is 5.50. The summed E-state index contributed by atoms with van der Waals surface area (Å²) in [4.78, 5) is 0. The predicted octanol–water partition coefficient (Wildman–Crippen LogP) is 3.78. The third kappa shape index (κ3) is 2.13. The lowest BCUT2D eigenvalue weighted by atomic mass is 10.2. The van der Waals surface area contributed by atoms with Crippen LogP contribution in [0, 0.1) is 0 Å². The summed E-state index contributed by atoms with van der Waals surface area (Å²) in [5, 5.41) is -5.68. The molecule has 0 saturated heterocycles. The third-order valence-electron chi connectivity index (χ3n) is 1.41. The van der Waals surface area contributed by atoms with Crippen LogP contribution in [-0.2, 0) is 0 Å². The first-order valence-electron chi connectivity index (χ1n) is 3.06. The molecular formula is C5H3F9S. The molecule has 0 radical (unpaired) electrons. The average Bonchev–Trinajstić information content (AvgIpc) is 1.98. The summed E-state index contributed by atoms with van der Waals surface area (Å²) >= 11 is -1.25. The van der Waals surface area contributed by atoms with Crippen LogP contribution in [0.15, 0.2) is 0 Å². The van der Waals surface area contributed by atoms with Gasteiger partial charge in [-0.1, -0.05) is 0 Å². The highest BCUT2D eigenvalue weighted by Crippen LogP contribution is 2.57. The Kier molecular flexibility index (Phi) is 3.56. The highest BCUT2D eigenvalue weighted by atomic mass is 32.2. The molecule has 0 nitrogen and oxygen atoms in total. The van der Waals surface area contributed by atoms with E-state index >= 15 is 0 Å². The van der Waals surface area contributed by atoms with Crippen LogP contribution in [-0.4, -0.2) is 29.5 Å². The highest BCUT2D eigenvalue weighted by molar-refractivity contribution is 7.99. The fraction of sp³-hybridized carbons (Fsp3) is 1.00. The molecule has 92 valence electrons. The maximum Gasteiger partial charge on any atom is 0.458 e. The molecule has 0 amide bonds. The quantitative estimate of drug-likeness (QED) is 0.685. The van der Waals surface area contributed by atoms with E-state index in [1.54, 1.807) is 0 Å². The fourth-order valence-electron chi connectivity index (χ4n) is 0.604. The van der Waals surface area contributed by atoms with E-state index in [9.17, 15) is 39.5 Å². The van der Waals surface area contributed by atoms with E-state index in [4.69, 9.17) is 0 Å². The standard InChI is InChI=1S/C5H3F9S/c1-15-3(8,5(12,13)14)2(6,7)4(9,10)11/h1H3. The topological polar surface area (TPSA) is 0 Å². The number of hydrogen-bond donors (Lipinski definition) is 0. The molecule has 0 aliphatic heterocycles. The fourth-order valence-corrected chi connectivity index (χ4v) is 1.21. The van der Waals surface area contributed by atoms with Gasteiger partial charge in [-0.15, -0.1) is 11.8 Å². The molecule has 0 N–H and O–H groups in total. The summed E-state index contributed by atoms with van der Waals surface area (Å²) in [7, 11) is 0. The van der Waals surface area contributed by atoms with Crippen LogP contribution >= 0.6 is 11.8 Å². The maximum atomic E-state index is 12.7. The van der Waals surface area contributed by atoms with Gasteiger partial charge in [-0.2, -0.15) is 35.1 Å². The first-order chi connectivity index (χ1) is 6.31. The van der Waals surface area contributed by atoms with Gasteiger partial charge in [0.1, 0.15) is 0 Å². The zero-order valence-electron chi connectivity index (χ0n) is 6.81. The van der Waals surface area contributed by atoms with Crippen molar-refractivity contribution in [3.05, 3.63) is 0 Å². The maximum absolute atomic E-state index is 12.7.